The molecule has 0 aromatic heterocycles. The Morgan fingerprint density at radius 1 is 0.944 bits per heavy atom. The highest BCUT2D eigenvalue weighted by molar-refractivity contribution is 6.03. The number of ketones is 1. The van der Waals surface area contributed by atoms with Crippen molar-refractivity contribution >= 4 is 17.7 Å². The quantitative estimate of drug-likeness (QED) is 0.617. The zero-order valence-electron chi connectivity index (χ0n) is 9.93. The van der Waals surface area contributed by atoms with E-state index in [-0.39, 0.29) is 16.7 Å². The topological polar surface area (TPSA) is 89.9 Å². The number of methoxy groups -OCH3 is 2. The zero-order valence-corrected chi connectivity index (χ0v) is 9.93. The lowest BCUT2D eigenvalue weighted by atomic mass is 10.0. The molecule has 1 rings (SSSR count). The molecule has 1 aromatic carbocycles. The van der Waals surface area contributed by atoms with E-state index in [2.05, 4.69) is 9.47 Å². The Hall–Kier alpha value is -2.21. The van der Waals surface area contributed by atoms with Crippen LogP contribution in [0, 0.1) is 0 Å². The molecule has 6 nitrogen and oxygen atoms in total. The van der Waals surface area contributed by atoms with Gasteiger partial charge in [-0.05, 0) is 18.2 Å². The van der Waals surface area contributed by atoms with Crippen molar-refractivity contribution in [1.29, 1.82) is 0 Å². The van der Waals surface area contributed by atoms with Crippen molar-refractivity contribution in [3.63, 3.8) is 0 Å². The first-order valence-electron chi connectivity index (χ1n) is 4.99. The molecule has 0 bridgehead atoms. The van der Waals surface area contributed by atoms with Crippen LogP contribution in [0.5, 0.6) is 0 Å². The van der Waals surface area contributed by atoms with Crippen LogP contribution in [0.15, 0.2) is 18.2 Å². The van der Waals surface area contributed by atoms with Gasteiger partial charge in [0.15, 0.2) is 5.78 Å². The van der Waals surface area contributed by atoms with Gasteiger partial charge in [-0.25, -0.2) is 9.59 Å². The highest BCUT2D eigenvalue weighted by Gasteiger charge is 2.16. The monoisotopic (exact) mass is 252 g/mol. The lowest BCUT2D eigenvalue weighted by Crippen LogP contribution is -2.11. The molecule has 6 heteroatoms. The fourth-order valence-corrected chi connectivity index (χ4v) is 1.35. The van der Waals surface area contributed by atoms with Gasteiger partial charge in [0.25, 0.3) is 0 Å². The van der Waals surface area contributed by atoms with Crippen LogP contribution in [-0.4, -0.2) is 43.7 Å². The first-order valence-corrected chi connectivity index (χ1v) is 4.99. The summed E-state index contributed by atoms with van der Waals surface area (Å²) in [4.78, 5) is 34.2. The number of rotatable bonds is 4. The van der Waals surface area contributed by atoms with E-state index in [1.807, 2.05) is 0 Å². The summed E-state index contributed by atoms with van der Waals surface area (Å²) in [6, 6.07) is 3.75. The number of carbonyl (C=O) groups is 3. The average Bonchev–Trinajstić information content (AvgIpc) is 2.43. The van der Waals surface area contributed by atoms with Crippen LogP contribution in [0.3, 0.4) is 0 Å². The number of Topliss-reactive ketones (excluding diaryl/α,β-unsaturated/α-hetero) is 1. The van der Waals surface area contributed by atoms with Gasteiger partial charge in [0.2, 0.25) is 0 Å². The van der Waals surface area contributed by atoms with E-state index in [1.165, 1.54) is 32.4 Å². The Kier molecular flexibility index (Phi) is 4.56. The number of carbonyl (C=O) groups excluding carboxylic acids is 3. The van der Waals surface area contributed by atoms with E-state index in [0.29, 0.717) is 0 Å². The van der Waals surface area contributed by atoms with Gasteiger partial charge >= 0.3 is 11.9 Å². The second-order valence-corrected chi connectivity index (χ2v) is 3.36. The second-order valence-electron chi connectivity index (χ2n) is 3.36. The molecule has 0 atom stereocenters. The Morgan fingerprint density at radius 2 is 1.33 bits per heavy atom. The van der Waals surface area contributed by atoms with E-state index >= 15 is 0 Å². The average molecular weight is 252 g/mol. The van der Waals surface area contributed by atoms with E-state index in [0.717, 1.165) is 0 Å². The van der Waals surface area contributed by atoms with Crippen molar-refractivity contribution in [2.45, 2.75) is 0 Å². The highest BCUT2D eigenvalue weighted by Crippen LogP contribution is 2.13. The second kappa shape index (κ2) is 5.92. The molecule has 0 aliphatic heterocycles. The molecule has 1 N–H and O–H groups in total. The standard InChI is InChI=1S/C12H12O6/c1-17-11(15)8-3-7(10(14)6-13)4-9(5-8)12(16)18-2/h3-5,13H,6H2,1-2H3. The van der Waals surface area contributed by atoms with Crippen molar-refractivity contribution in [2.75, 3.05) is 20.8 Å². The third kappa shape index (κ3) is 2.92. The number of benzene rings is 1. The van der Waals surface area contributed by atoms with Crippen LogP contribution in [0.4, 0.5) is 0 Å². The predicted octanol–water partition coefficient (Wildman–Crippen LogP) is 0.435. The molecule has 0 aliphatic rings. The Labute approximate surface area is 103 Å². The van der Waals surface area contributed by atoms with Crippen LogP contribution in [0.25, 0.3) is 0 Å². The Balaban J connectivity index is 3.32. The zero-order chi connectivity index (χ0) is 13.7. The Bertz CT molecular complexity index is 408. The van der Waals surface area contributed by atoms with Crippen LogP contribution < -0.4 is 0 Å². The largest absolute Gasteiger partial charge is 0.465 e. The van der Waals surface area contributed by atoms with Gasteiger partial charge < -0.3 is 14.6 Å². The minimum atomic E-state index is -0.717. The summed E-state index contributed by atoms with van der Waals surface area (Å²) in [6.07, 6.45) is 0. The van der Waals surface area contributed by atoms with E-state index in [1.54, 1.807) is 0 Å². The van der Waals surface area contributed by atoms with Gasteiger partial charge in [-0.15, -0.1) is 0 Å². The summed E-state index contributed by atoms with van der Waals surface area (Å²) < 4.78 is 9.02. The summed E-state index contributed by atoms with van der Waals surface area (Å²) in [6.45, 7) is -0.717. The SMILES string of the molecule is COC(=O)c1cc(C(=O)CO)cc(C(=O)OC)c1. The van der Waals surface area contributed by atoms with Crippen LogP contribution in [0.1, 0.15) is 31.1 Å². The van der Waals surface area contributed by atoms with Crippen molar-refractivity contribution < 1.29 is 29.0 Å². The summed E-state index contributed by atoms with van der Waals surface area (Å²) in [5.74, 6) is -1.98. The molecule has 0 amide bonds. The molecule has 1 aromatic rings. The molecule has 18 heavy (non-hydrogen) atoms. The van der Waals surface area contributed by atoms with Crippen LogP contribution in [-0.2, 0) is 9.47 Å². The normalized spacial score (nSPS) is 9.72. The Morgan fingerprint density at radius 3 is 1.67 bits per heavy atom. The molecule has 0 aliphatic carbocycles. The summed E-state index contributed by atoms with van der Waals surface area (Å²) in [5.41, 5.74) is 0.121. The van der Waals surface area contributed by atoms with Gasteiger partial charge in [0.05, 0.1) is 25.3 Å². The molecule has 96 valence electrons. The highest BCUT2D eigenvalue weighted by atomic mass is 16.5. The number of esters is 2. The number of hydrogen-bond acceptors (Lipinski definition) is 6. The van der Waals surface area contributed by atoms with Gasteiger partial charge in [0, 0.05) is 5.56 Å². The maximum atomic E-state index is 11.4. The molecule has 0 saturated carbocycles. The number of aliphatic hydroxyl groups excluding tert-OH is 1. The fourth-order valence-electron chi connectivity index (χ4n) is 1.35. The lowest BCUT2D eigenvalue weighted by molar-refractivity contribution is 0.0599. The van der Waals surface area contributed by atoms with Gasteiger partial charge in [0.1, 0.15) is 6.61 Å². The van der Waals surface area contributed by atoms with E-state index < -0.39 is 24.3 Å². The number of ether oxygens (including phenoxy) is 2. The van der Waals surface area contributed by atoms with Gasteiger partial charge in [-0.3, -0.25) is 4.79 Å². The number of hydrogen-bond donors (Lipinski definition) is 1. The summed E-state index contributed by atoms with van der Waals surface area (Å²) in [5, 5.41) is 8.78. The van der Waals surface area contributed by atoms with Crippen molar-refractivity contribution in [3.05, 3.63) is 34.9 Å². The third-order valence-corrected chi connectivity index (χ3v) is 2.24. The van der Waals surface area contributed by atoms with E-state index in [4.69, 9.17) is 5.11 Å². The molecular formula is C12H12O6. The summed E-state index contributed by atoms with van der Waals surface area (Å²) in [7, 11) is 2.36. The van der Waals surface area contributed by atoms with Crippen molar-refractivity contribution in [2.24, 2.45) is 0 Å². The maximum absolute atomic E-state index is 11.4. The predicted molar refractivity (Wildman–Crippen MR) is 60.5 cm³/mol. The van der Waals surface area contributed by atoms with Gasteiger partial charge in [-0.2, -0.15) is 0 Å². The minimum Gasteiger partial charge on any atom is -0.465 e. The van der Waals surface area contributed by atoms with E-state index in [9.17, 15) is 14.4 Å². The lowest BCUT2D eigenvalue weighted by Gasteiger charge is -2.06. The first-order chi connectivity index (χ1) is 8.53. The van der Waals surface area contributed by atoms with Gasteiger partial charge in [-0.1, -0.05) is 0 Å². The minimum absolute atomic E-state index is 0.0391. The maximum Gasteiger partial charge on any atom is 0.337 e. The van der Waals surface area contributed by atoms with Crippen molar-refractivity contribution in [1.82, 2.24) is 0 Å². The smallest absolute Gasteiger partial charge is 0.337 e. The summed E-state index contributed by atoms with van der Waals surface area (Å²) >= 11 is 0. The number of aliphatic hydroxyl groups is 1. The molecule has 0 fully saturated rings. The molecular weight excluding hydrogens is 240 g/mol. The fraction of sp³-hybridized carbons (Fsp3) is 0.250. The van der Waals surface area contributed by atoms with Crippen LogP contribution in [0.2, 0.25) is 0 Å². The molecule has 0 unspecified atom stereocenters. The molecule has 0 saturated heterocycles. The first kappa shape index (κ1) is 13.9. The van der Waals surface area contributed by atoms with Crippen LogP contribution >= 0.6 is 0 Å². The van der Waals surface area contributed by atoms with Crippen molar-refractivity contribution in [3.8, 4) is 0 Å². The third-order valence-electron chi connectivity index (χ3n) is 2.24. The molecule has 0 radical (unpaired) electrons. The molecule has 0 spiro atoms. The molecule has 0 heterocycles.